The number of nitrogens with one attached hydrogen (secondary N) is 1. The number of carbonyl (C=O) groups excluding carboxylic acids is 1. The number of amides is 1. The van der Waals surface area contributed by atoms with Gasteiger partial charge in [-0.15, -0.1) is 0 Å². The van der Waals surface area contributed by atoms with Crippen LogP contribution in [-0.2, 0) is 11.8 Å². The van der Waals surface area contributed by atoms with Crippen molar-refractivity contribution in [1.29, 1.82) is 0 Å². The third-order valence-electron chi connectivity index (χ3n) is 4.59. The van der Waals surface area contributed by atoms with Crippen molar-refractivity contribution in [3.63, 3.8) is 0 Å². The molecular formula is C18H23N3O2S. The van der Waals surface area contributed by atoms with E-state index in [1.54, 1.807) is 13.1 Å². The van der Waals surface area contributed by atoms with Gasteiger partial charge in [-0.3, -0.25) is 14.2 Å². The van der Waals surface area contributed by atoms with Crippen LogP contribution in [0.1, 0.15) is 32.1 Å². The summed E-state index contributed by atoms with van der Waals surface area (Å²) < 4.78 is 1.52. The normalized spacial score (nSPS) is 15.5. The third kappa shape index (κ3) is 3.98. The molecule has 0 aliphatic heterocycles. The van der Waals surface area contributed by atoms with Crippen LogP contribution in [-0.4, -0.2) is 27.8 Å². The monoisotopic (exact) mass is 345 g/mol. The number of hydrogen-bond donors (Lipinski definition) is 1. The van der Waals surface area contributed by atoms with Crippen LogP contribution >= 0.6 is 11.8 Å². The molecule has 24 heavy (non-hydrogen) atoms. The van der Waals surface area contributed by atoms with E-state index in [1.165, 1.54) is 48.4 Å². The predicted octanol–water partition coefficient (Wildman–Crippen LogP) is 2.72. The molecule has 0 unspecified atom stereocenters. The highest BCUT2D eigenvalue weighted by atomic mass is 32.2. The van der Waals surface area contributed by atoms with E-state index < -0.39 is 0 Å². The van der Waals surface area contributed by atoms with Crippen LogP contribution in [0.15, 0.2) is 34.2 Å². The number of rotatable bonds is 5. The van der Waals surface area contributed by atoms with Crippen molar-refractivity contribution in [3.8, 4) is 0 Å². The number of aromatic nitrogens is 2. The highest BCUT2D eigenvalue weighted by Gasteiger charge is 2.15. The van der Waals surface area contributed by atoms with Crippen molar-refractivity contribution in [2.45, 2.75) is 37.3 Å². The number of thioether (sulfide) groups is 1. The minimum Gasteiger partial charge on any atom is -0.355 e. The van der Waals surface area contributed by atoms with Gasteiger partial charge in [0.15, 0.2) is 5.16 Å². The molecule has 1 saturated carbocycles. The number of para-hydroxylation sites is 1. The van der Waals surface area contributed by atoms with Gasteiger partial charge in [0, 0.05) is 13.6 Å². The van der Waals surface area contributed by atoms with Crippen LogP contribution in [0.4, 0.5) is 0 Å². The smallest absolute Gasteiger partial charge is 0.261 e. The Balaban J connectivity index is 1.59. The first kappa shape index (κ1) is 17.0. The lowest BCUT2D eigenvalue weighted by atomic mass is 9.89. The molecule has 1 aromatic heterocycles. The van der Waals surface area contributed by atoms with Crippen molar-refractivity contribution in [3.05, 3.63) is 34.6 Å². The molecule has 1 fully saturated rings. The standard InChI is InChI=1S/C18H23N3O2S/c1-21-17(23)14-9-5-6-10-15(14)20-18(21)24-12-16(22)19-11-13-7-3-2-4-8-13/h5-6,9-10,13H,2-4,7-8,11-12H2,1H3,(H,19,22). The van der Waals surface area contributed by atoms with Gasteiger partial charge < -0.3 is 5.32 Å². The summed E-state index contributed by atoms with van der Waals surface area (Å²) >= 11 is 1.31. The molecule has 1 aromatic carbocycles. The van der Waals surface area contributed by atoms with Gasteiger partial charge >= 0.3 is 0 Å². The quantitative estimate of drug-likeness (QED) is 0.668. The Morgan fingerprint density at radius 3 is 2.83 bits per heavy atom. The molecule has 128 valence electrons. The zero-order chi connectivity index (χ0) is 16.9. The Labute approximate surface area is 145 Å². The lowest BCUT2D eigenvalue weighted by Gasteiger charge is -2.21. The molecule has 1 aliphatic carbocycles. The summed E-state index contributed by atoms with van der Waals surface area (Å²) in [6.45, 7) is 0.767. The van der Waals surface area contributed by atoms with E-state index in [2.05, 4.69) is 10.3 Å². The number of benzene rings is 1. The number of fused-ring (bicyclic) bond motifs is 1. The molecule has 1 heterocycles. The van der Waals surface area contributed by atoms with Crippen molar-refractivity contribution >= 4 is 28.6 Å². The maximum Gasteiger partial charge on any atom is 0.261 e. The molecule has 5 nitrogen and oxygen atoms in total. The van der Waals surface area contributed by atoms with Crippen molar-refractivity contribution in [1.82, 2.24) is 14.9 Å². The van der Waals surface area contributed by atoms with E-state index in [-0.39, 0.29) is 17.2 Å². The van der Waals surface area contributed by atoms with Gasteiger partial charge in [-0.05, 0) is 30.9 Å². The second kappa shape index (κ2) is 7.83. The SMILES string of the molecule is Cn1c(SCC(=O)NCC2CCCCC2)nc2ccccc2c1=O. The average molecular weight is 345 g/mol. The maximum absolute atomic E-state index is 12.3. The van der Waals surface area contributed by atoms with Crippen LogP contribution < -0.4 is 10.9 Å². The van der Waals surface area contributed by atoms with Gasteiger partial charge in [-0.1, -0.05) is 43.2 Å². The first-order valence-electron chi connectivity index (χ1n) is 8.50. The molecule has 1 amide bonds. The van der Waals surface area contributed by atoms with Gasteiger partial charge in [0.2, 0.25) is 5.91 Å². The van der Waals surface area contributed by atoms with Crippen LogP contribution in [0.3, 0.4) is 0 Å². The molecule has 0 spiro atoms. The van der Waals surface area contributed by atoms with E-state index in [0.717, 1.165) is 6.54 Å². The summed E-state index contributed by atoms with van der Waals surface area (Å²) in [6.07, 6.45) is 6.31. The van der Waals surface area contributed by atoms with Crippen LogP contribution in [0, 0.1) is 5.92 Å². The number of nitrogens with zero attached hydrogens (tertiary/aromatic N) is 2. The fraction of sp³-hybridized carbons (Fsp3) is 0.500. The lowest BCUT2D eigenvalue weighted by molar-refractivity contribution is -0.118. The number of carbonyl (C=O) groups is 1. The molecule has 0 atom stereocenters. The van der Waals surface area contributed by atoms with E-state index >= 15 is 0 Å². The van der Waals surface area contributed by atoms with Gasteiger partial charge in [0.25, 0.3) is 5.56 Å². The minimum atomic E-state index is -0.0780. The second-order valence-electron chi connectivity index (χ2n) is 6.37. The first-order valence-corrected chi connectivity index (χ1v) is 9.49. The summed E-state index contributed by atoms with van der Waals surface area (Å²) in [5.41, 5.74) is 0.594. The van der Waals surface area contributed by atoms with E-state index in [0.29, 0.717) is 22.0 Å². The largest absolute Gasteiger partial charge is 0.355 e. The van der Waals surface area contributed by atoms with E-state index in [1.807, 2.05) is 18.2 Å². The maximum atomic E-state index is 12.3. The van der Waals surface area contributed by atoms with Crippen molar-refractivity contribution in [2.75, 3.05) is 12.3 Å². The van der Waals surface area contributed by atoms with Gasteiger partial charge in [0.1, 0.15) is 0 Å². The fourth-order valence-corrected chi connectivity index (χ4v) is 3.96. The predicted molar refractivity (Wildman–Crippen MR) is 97.3 cm³/mol. The van der Waals surface area contributed by atoms with Crippen LogP contribution in [0.25, 0.3) is 10.9 Å². The Kier molecular flexibility index (Phi) is 5.56. The molecule has 0 saturated heterocycles. The zero-order valence-electron chi connectivity index (χ0n) is 14.0. The van der Waals surface area contributed by atoms with Crippen LogP contribution in [0.5, 0.6) is 0 Å². The zero-order valence-corrected chi connectivity index (χ0v) is 14.8. The highest BCUT2D eigenvalue weighted by molar-refractivity contribution is 7.99. The summed E-state index contributed by atoms with van der Waals surface area (Å²) in [4.78, 5) is 28.9. The summed E-state index contributed by atoms with van der Waals surface area (Å²) in [5.74, 6) is 0.912. The van der Waals surface area contributed by atoms with Gasteiger partial charge in [-0.25, -0.2) is 4.98 Å². The second-order valence-corrected chi connectivity index (χ2v) is 7.31. The Morgan fingerprint density at radius 2 is 2.04 bits per heavy atom. The summed E-state index contributed by atoms with van der Waals surface area (Å²) in [6, 6.07) is 7.29. The Morgan fingerprint density at radius 1 is 1.29 bits per heavy atom. The average Bonchev–Trinajstić information content (AvgIpc) is 2.62. The first-order chi connectivity index (χ1) is 11.6. The molecule has 6 heteroatoms. The topological polar surface area (TPSA) is 64.0 Å². The number of hydrogen-bond acceptors (Lipinski definition) is 4. The lowest BCUT2D eigenvalue weighted by Crippen LogP contribution is -2.31. The minimum absolute atomic E-state index is 0.00739. The molecule has 2 aromatic rings. The Bertz CT molecular complexity index is 781. The van der Waals surface area contributed by atoms with Crippen molar-refractivity contribution < 1.29 is 4.79 Å². The highest BCUT2D eigenvalue weighted by Crippen LogP contribution is 2.23. The van der Waals surface area contributed by atoms with E-state index in [9.17, 15) is 9.59 Å². The van der Waals surface area contributed by atoms with E-state index in [4.69, 9.17) is 0 Å². The fourth-order valence-electron chi connectivity index (χ4n) is 3.16. The molecular weight excluding hydrogens is 322 g/mol. The van der Waals surface area contributed by atoms with Gasteiger partial charge in [-0.2, -0.15) is 0 Å². The van der Waals surface area contributed by atoms with Gasteiger partial charge in [0.05, 0.1) is 16.7 Å². The third-order valence-corrected chi connectivity index (χ3v) is 5.62. The molecule has 1 N–H and O–H groups in total. The summed E-state index contributed by atoms with van der Waals surface area (Å²) in [5, 5.41) is 4.20. The Hall–Kier alpha value is -1.82. The summed E-state index contributed by atoms with van der Waals surface area (Å²) in [7, 11) is 1.70. The molecule has 0 bridgehead atoms. The molecule has 0 radical (unpaired) electrons. The van der Waals surface area contributed by atoms with Crippen molar-refractivity contribution in [2.24, 2.45) is 13.0 Å². The molecule has 3 rings (SSSR count). The van der Waals surface area contributed by atoms with Crippen LogP contribution in [0.2, 0.25) is 0 Å². The molecule has 1 aliphatic rings.